The van der Waals surface area contributed by atoms with Gasteiger partial charge in [0.05, 0.1) is 12.0 Å². The van der Waals surface area contributed by atoms with Crippen LogP contribution in [0.2, 0.25) is 0 Å². The van der Waals surface area contributed by atoms with Gasteiger partial charge in [-0.2, -0.15) is 0 Å². The number of hydrogen-bond donors (Lipinski definition) is 2. The molecule has 0 radical (unpaired) electrons. The predicted molar refractivity (Wildman–Crippen MR) is 103 cm³/mol. The van der Waals surface area contributed by atoms with Gasteiger partial charge in [0.25, 0.3) is 0 Å². The molecule has 2 N–H and O–H groups in total. The van der Waals surface area contributed by atoms with Crippen molar-refractivity contribution in [2.75, 3.05) is 0 Å². The summed E-state index contributed by atoms with van der Waals surface area (Å²) in [6.45, 7) is 8.26. The van der Waals surface area contributed by atoms with Gasteiger partial charge in [0, 0.05) is 6.42 Å². The largest absolute Gasteiger partial charge is 0.481 e. The Kier molecular flexibility index (Phi) is 4.41. The van der Waals surface area contributed by atoms with Crippen LogP contribution in [0, 0.1) is 40.4 Å². The average Bonchev–Trinajstić information content (AvgIpc) is 2.91. The van der Waals surface area contributed by atoms with E-state index in [0.717, 1.165) is 38.5 Å². The van der Waals surface area contributed by atoms with Gasteiger partial charge in [0.2, 0.25) is 0 Å². The van der Waals surface area contributed by atoms with Crippen LogP contribution in [0.25, 0.3) is 0 Å². The monoisotopic (exact) mass is 372 g/mol. The van der Waals surface area contributed by atoms with Gasteiger partial charge >= 0.3 is 5.97 Å². The number of allylic oxidation sites excluding steroid dienone is 1. The van der Waals surface area contributed by atoms with Crippen LogP contribution >= 0.6 is 0 Å². The van der Waals surface area contributed by atoms with E-state index >= 15 is 0 Å². The summed E-state index contributed by atoms with van der Waals surface area (Å²) in [7, 11) is 0. The second kappa shape index (κ2) is 6.30. The third-order valence-electron chi connectivity index (χ3n) is 9.10. The van der Waals surface area contributed by atoms with E-state index in [-0.39, 0.29) is 28.6 Å². The highest BCUT2D eigenvalue weighted by Gasteiger charge is 2.61. The van der Waals surface area contributed by atoms with E-state index in [1.807, 2.05) is 6.08 Å². The third kappa shape index (κ3) is 2.52. The average molecular weight is 373 g/mol. The maximum absolute atomic E-state index is 12.4. The molecule has 4 heteroatoms. The number of aliphatic hydroxyl groups is 1. The number of carboxylic acids is 1. The number of rotatable bonds is 3. The Hall–Kier alpha value is -1.42. The van der Waals surface area contributed by atoms with Crippen molar-refractivity contribution >= 4 is 11.8 Å². The van der Waals surface area contributed by atoms with E-state index in [2.05, 4.69) is 20.4 Å². The van der Waals surface area contributed by atoms with Crippen molar-refractivity contribution in [3.8, 4) is 0 Å². The highest BCUT2D eigenvalue weighted by Crippen LogP contribution is 2.67. The molecular weight excluding hydrogens is 340 g/mol. The molecule has 8 atom stereocenters. The van der Waals surface area contributed by atoms with Crippen LogP contribution in [-0.4, -0.2) is 28.1 Å². The third-order valence-corrected chi connectivity index (χ3v) is 9.10. The molecule has 0 aromatic heterocycles. The first-order valence-corrected chi connectivity index (χ1v) is 10.5. The molecule has 0 amide bonds. The molecule has 0 aliphatic heterocycles. The summed E-state index contributed by atoms with van der Waals surface area (Å²) in [6, 6.07) is 0. The Labute approximate surface area is 161 Å². The van der Waals surface area contributed by atoms with Crippen LogP contribution in [-0.2, 0) is 9.59 Å². The van der Waals surface area contributed by atoms with Crippen LogP contribution in [0.4, 0.5) is 0 Å². The maximum atomic E-state index is 12.4. The molecular formula is C23H32O4. The van der Waals surface area contributed by atoms with Crippen molar-refractivity contribution in [2.45, 2.75) is 64.9 Å². The molecule has 4 aliphatic carbocycles. The lowest BCUT2D eigenvalue weighted by Gasteiger charge is -2.60. The molecule has 1 unspecified atom stereocenters. The highest BCUT2D eigenvalue weighted by molar-refractivity contribution is 5.92. The Bertz CT molecular complexity index is 709. The van der Waals surface area contributed by atoms with Crippen LogP contribution in [0.3, 0.4) is 0 Å². The van der Waals surface area contributed by atoms with E-state index in [1.165, 1.54) is 11.6 Å². The fraction of sp³-hybridized carbons (Fsp3) is 0.739. The van der Waals surface area contributed by atoms with Gasteiger partial charge in [-0.25, -0.2) is 0 Å². The van der Waals surface area contributed by atoms with Crippen LogP contribution in [0.5, 0.6) is 0 Å². The minimum Gasteiger partial charge on any atom is -0.481 e. The van der Waals surface area contributed by atoms with E-state index in [4.69, 9.17) is 0 Å². The zero-order chi connectivity index (χ0) is 19.6. The lowest BCUT2D eigenvalue weighted by atomic mass is 9.44. The van der Waals surface area contributed by atoms with Gasteiger partial charge in [0.15, 0.2) is 5.78 Å². The summed E-state index contributed by atoms with van der Waals surface area (Å²) >= 11 is 0. The lowest BCUT2D eigenvalue weighted by molar-refractivity contribution is -0.147. The van der Waals surface area contributed by atoms with Crippen LogP contribution in [0.15, 0.2) is 24.3 Å². The van der Waals surface area contributed by atoms with Gasteiger partial charge in [-0.3, -0.25) is 9.59 Å². The van der Waals surface area contributed by atoms with Gasteiger partial charge in [-0.05, 0) is 79.1 Å². The first-order chi connectivity index (χ1) is 12.7. The minimum atomic E-state index is -0.871. The van der Waals surface area contributed by atoms with E-state index in [9.17, 15) is 19.8 Å². The molecule has 3 fully saturated rings. The molecule has 0 saturated heterocycles. The summed E-state index contributed by atoms with van der Waals surface area (Å²) in [5.41, 5.74) is 0.909. The van der Waals surface area contributed by atoms with Gasteiger partial charge < -0.3 is 10.2 Å². The number of aliphatic carboxylic acids is 1. The standard InChI is InChI=1S/C23H32O4/c1-4-15(21(26)27)19-12-14(24)11-13-5-6-16-17-7-8-20(25)22(17,2)10-9-18(16)23(13,19)3/h4,11,15-20,25H,1,5-10,12H2,2-3H3,(H,26,27)/t15?,16-,17-,18-,19+,20-,22-,23-/m0/s1. The Morgan fingerprint density at radius 3 is 2.67 bits per heavy atom. The molecule has 0 spiro atoms. The number of ketones is 1. The normalized spacial score (nSPS) is 47.3. The van der Waals surface area contributed by atoms with Crippen molar-refractivity contribution < 1.29 is 19.8 Å². The molecule has 4 rings (SSSR count). The second-order valence-corrected chi connectivity index (χ2v) is 9.88. The zero-order valence-electron chi connectivity index (χ0n) is 16.5. The molecule has 4 nitrogen and oxygen atoms in total. The van der Waals surface area contributed by atoms with E-state index < -0.39 is 11.9 Å². The smallest absolute Gasteiger partial charge is 0.310 e. The van der Waals surface area contributed by atoms with E-state index in [1.54, 1.807) is 0 Å². The number of aliphatic hydroxyl groups excluding tert-OH is 1. The summed E-state index contributed by atoms with van der Waals surface area (Å²) < 4.78 is 0. The van der Waals surface area contributed by atoms with Crippen LogP contribution < -0.4 is 0 Å². The van der Waals surface area contributed by atoms with Crippen LogP contribution in [0.1, 0.15) is 58.8 Å². The van der Waals surface area contributed by atoms with Gasteiger partial charge in [-0.1, -0.05) is 25.5 Å². The van der Waals surface area contributed by atoms with E-state index in [0.29, 0.717) is 24.2 Å². The first kappa shape index (κ1) is 18.9. The van der Waals surface area contributed by atoms with Gasteiger partial charge in [0.1, 0.15) is 0 Å². The molecule has 0 aromatic carbocycles. The molecule has 4 aliphatic rings. The van der Waals surface area contributed by atoms with Crippen molar-refractivity contribution in [2.24, 2.45) is 40.4 Å². The maximum Gasteiger partial charge on any atom is 0.310 e. The predicted octanol–water partition coefficient (Wildman–Crippen LogP) is 3.99. The fourth-order valence-corrected chi connectivity index (χ4v) is 7.60. The molecule has 3 saturated carbocycles. The lowest BCUT2D eigenvalue weighted by Crippen LogP contribution is -2.55. The summed E-state index contributed by atoms with van der Waals surface area (Å²) in [5.74, 6) is -0.304. The molecule has 0 aromatic rings. The number of carbonyl (C=O) groups is 2. The number of hydrogen-bond acceptors (Lipinski definition) is 3. The molecule has 0 heterocycles. The first-order valence-electron chi connectivity index (χ1n) is 10.5. The van der Waals surface area contributed by atoms with Crippen molar-refractivity contribution in [1.29, 1.82) is 0 Å². The Morgan fingerprint density at radius 1 is 1.26 bits per heavy atom. The van der Waals surface area contributed by atoms with Crippen molar-refractivity contribution in [1.82, 2.24) is 0 Å². The summed E-state index contributed by atoms with van der Waals surface area (Å²) in [6.07, 6.45) is 9.35. The Morgan fingerprint density at radius 2 is 2.00 bits per heavy atom. The van der Waals surface area contributed by atoms with Gasteiger partial charge in [-0.15, -0.1) is 6.58 Å². The Balaban J connectivity index is 1.76. The topological polar surface area (TPSA) is 74.6 Å². The number of carboxylic acid groups (broad SMARTS) is 1. The zero-order valence-corrected chi connectivity index (χ0v) is 16.5. The molecule has 27 heavy (non-hydrogen) atoms. The second-order valence-electron chi connectivity index (χ2n) is 9.88. The minimum absolute atomic E-state index is 0.00334. The van der Waals surface area contributed by atoms with Crippen molar-refractivity contribution in [3.05, 3.63) is 24.3 Å². The highest BCUT2D eigenvalue weighted by atomic mass is 16.4. The molecule has 148 valence electrons. The van der Waals surface area contributed by atoms with Crippen molar-refractivity contribution in [3.63, 3.8) is 0 Å². The summed E-state index contributed by atoms with van der Waals surface area (Å²) in [5, 5.41) is 20.4. The molecule has 0 bridgehead atoms. The quantitative estimate of drug-likeness (QED) is 0.735. The fourth-order valence-electron chi connectivity index (χ4n) is 7.60. The summed E-state index contributed by atoms with van der Waals surface area (Å²) in [4.78, 5) is 24.4. The number of fused-ring (bicyclic) bond motifs is 5. The number of carbonyl (C=O) groups excluding carboxylic acids is 1. The SMILES string of the molecule is C=CC(C(=O)O)[C@H]1CC(=O)C=C2CC[C@H]3[C@@H]4CC[C@H](O)[C@@]4(C)CC[C@@H]3[C@]21C.